The normalized spacial score (nSPS) is 22.1. The number of aryl methyl sites for hydroxylation is 2. The number of hydrogen-bond acceptors (Lipinski definition) is 6. The lowest BCUT2D eigenvalue weighted by atomic mass is 9.93. The van der Waals surface area contributed by atoms with Gasteiger partial charge in [-0.05, 0) is 50.2 Å². The van der Waals surface area contributed by atoms with Gasteiger partial charge in [0.1, 0.15) is 6.10 Å². The number of carbonyl (C=O) groups excluding carboxylic acids is 1. The van der Waals surface area contributed by atoms with Crippen LogP contribution in [0.4, 0.5) is 4.79 Å². The van der Waals surface area contributed by atoms with Gasteiger partial charge in [-0.15, -0.1) is 11.3 Å². The molecule has 1 N–H and O–H groups in total. The van der Waals surface area contributed by atoms with E-state index in [9.17, 15) is 4.79 Å². The minimum absolute atomic E-state index is 0.0768. The maximum Gasteiger partial charge on any atom is 0.407 e. The lowest BCUT2D eigenvalue weighted by Crippen LogP contribution is -2.35. The van der Waals surface area contributed by atoms with Gasteiger partial charge < -0.3 is 19.5 Å². The van der Waals surface area contributed by atoms with Gasteiger partial charge in [0, 0.05) is 50.9 Å². The van der Waals surface area contributed by atoms with Gasteiger partial charge in [-0.2, -0.15) is 5.10 Å². The van der Waals surface area contributed by atoms with Crippen molar-refractivity contribution in [1.82, 2.24) is 29.5 Å². The van der Waals surface area contributed by atoms with Crippen LogP contribution in [0.25, 0.3) is 10.2 Å². The van der Waals surface area contributed by atoms with E-state index in [4.69, 9.17) is 9.84 Å². The lowest BCUT2D eigenvalue weighted by molar-refractivity contribution is 0.125. The average molecular weight is 443 g/mol. The van der Waals surface area contributed by atoms with Crippen LogP contribution in [-0.4, -0.2) is 62.6 Å². The van der Waals surface area contributed by atoms with E-state index in [-0.39, 0.29) is 12.2 Å². The van der Waals surface area contributed by atoms with Gasteiger partial charge in [-0.1, -0.05) is 0 Å². The third-order valence-electron chi connectivity index (χ3n) is 6.49. The van der Waals surface area contributed by atoms with Crippen LogP contribution in [0.1, 0.15) is 37.3 Å². The average Bonchev–Trinajstić information content (AvgIpc) is 3.18. The van der Waals surface area contributed by atoms with E-state index in [1.165, 1.54) is 15.9 Å². The fourth-order valence-corrected chi connectivity index (χ4v) is 5.59. The molecule has 0 unspecified atom stereocenters. The van der Waals surface area contributed by atoms with Gasteiger partial charge in [-0.3, -0.25) is 4.68 Å². The number of carbonyl (C=O) groups is 1. The molecule has 3 aromatic heterocycles. The van der Waals surface area contributed by atoms with E-state index in [0.29, 0.717) is 18.4 Å². The molecule has 0 radical (unpaired) electrons. The van der Waals surface area contributed by atoms with Crippen molar-refractivity contribution < 1.29 is 9.53 Å². The van der Waals surface area contributed by atoms with Crippen LogP contribution in [0.5, 0.6) is 0 Å². The maximum absolute atomic E-state index is 12.0. The molecule has 1 aliphatic heterocycles. The molecule has 9 heteroatoms. The first-order valence-corrected chi connectivity index (χ1v) is 12.1. The van der Waals surface area contributed by atoms with Crippen molar-refractivity contribution in [2.24, 2.45) is 13.0 Å². The molecule has 2 atom stereocenters. The zero-order valence-corrected chi connectivity index (χ0v) is 18.8. The smallest absolute Gasteiger partial charge is 0.407 e. The van der Waals surface area contributed by atoms with E-state index in [1.54, 1.807) is 23.9 Å². The Kier molecular flexibility index (Phi) is 5.95. The highest BCUT2D eigenvalue weighted by Gasteiger charge is 2.42. The number of thiophene rings is 1. The number of amides is 1. The monoisotopic (exact) mass is 442 g/mol. The Bertz CT molecular complexity index is 1000. The lowest BCUT2D eigenvalue weighted by Gasteiger charge is -2.31. The van der Waals surface area contributed by atoms with Gasteiger partial charge in [-0.25, -0.2) is 9.78 Å². The standard InChI is InChI=1S/C22H30N6O2S/c1-26-18-5-12-31-21(18)20(25-26)16-3-9-27(10-4-16)14-17-13-19(17)30-22(29)24-6-2-8-28-11-7-23-15-28/h5,7,11-12,15-17,19H,2-4,6,8-10,13-14H2,1H3,(H,24,29)/t17-,19-/m1/s1. The highest BCUT2D eigenvalue weighted by Crippen LogP contribution is 2.38. The molecule has 1 saturated carbocycles. The van der Waals surface area contributed by atoms with E-state index >= 15 is 0 Å². The zero-order chi connectivity index (χ0) is 21.2. The van der Waals surface area contributed by atoms with Gasteiger partial charge >= 0.3 is 6.09 Å². The number of piperidine rings is 1. The first-order chi connectivity index (χ1) is 15.2. The summed E-state index contributed by atoms with van der Waals surface area (Å²) in [7, 11) is 2.04. The molecule has 0 spiro atoms. The molecule has 5 rings (SSSR count). The number of aromatic nitrogens is 4. The number of nitrogens with one attached hydrogen (secondary N) is 1. The molecule has 0 bridgehead atoms. The van der Waals surface area contributed by atoms with Crippen LogP contribution in [0, 0.1) is 5.92 Å². The summed E-state index contributed by atoms with van der Waals surface area (Å²) in [6.45, 7) is 4.68. The molecule has 2 aliphatic rings. The Morgan fingerprint density at radius 1 is 1.35 bits per heavy atom. The molecule has 166 valence electrons. The van der Waals surface area contributed by atoms with Gasteiger partial charge in [0.25, 0.3) is 0 Å². The molecular weight excluding hydrogens is 412 g/mol. The molecule has 2 fully saturated rings. The van der Waals surface area contributed by atoms with Gasteiger partial charge in [0.05, 0.1) is 22.2 Å². The minimum Gasteiger partial charge on any atom is -0.446 e. The van der Waals surface area contributed by atoms with Crippen molar-refractivity contribution in [2.45, 2.75) is 44.2 Å². The van der Waals surface area contributed by atoms with Gasteiger partial charge in [0.2, 0.25) is 0 Å². The Hall–Kier alpha value is -2.39. The zero-order valence-electron chi connectivity index (χ0n) is 17.9. The third kappa shape index (κ3) is 4.77. The summed E-state index contributed by atoms with van der Waals surface area (Å²) in [5, 5.41) is 9.82. The van der Waals surface area contributed by atoms with Crippen molar-refractivity contribution in [3.8, 4) is 0 Å². The van der Waals surface area contributed by atoms with Crippen LogP contribution in [0.3, 0.4) is 0 Å². The van der Waals surface area contributed by atoms with Crippen LogP contribution in [0.15, 0.2) is 30.2 Å². The summed E-state index contributed by atoms with van der Waals surface area (Å²) in [6.07, 6.45) is 9.42. The molecule has 31 heavy (non-hydrogen) atoms. The first-order valence-electron chi connectivity index (χ1n) is 11.2. The Morgan fingerprint density at radius 3 is 3.03 bits per heavy atom. The minimum atomic E-state index is -0.285. The van der Waals surface area contributed by atoms with E-state index in [2.05, 4.69) is 26.6 Å². The molecule has 1 saturated heterocycles. The highest BCUT2D eigenvalue weighted by molar-refractivity contribution is 7.17. The molecular formula is C22H30N6O2S. The predicted molar refractivity (Wildman–Crippen MR) is 120 cm³/mol. The van der Waals surface area contributed by atoms with Crippen LogP contribution >= 0.6 is 11.3 Å². The number of ether oxygens (including phenoxy) is 1. The second-order valence-corrected chi connectivity index (χ2v) is 9.66. The number of hydrogen-bond donors (Lipinski definition) is 1. The highest BCUT2D eigenvalue weighted by atomic mass is 32.1. The number of imidazole rings is 1. The molecule has 1 aliphatic carbocycles. The van der Waals surface area contributed by atoms with Crippen molar-refractivity contribution in [1.29, 1.82) is 0 Å². The SMILES string of the molecule is Cn1nc(C2CCN(C[C@H]3C[C@H]3OC(=O)NCCCn3ccnc3)CC2)c2sccc21. The summed E-state index contributed by atoms with van der Waals surface area (Å²) in [5.74, 6) is 1.03. The number of rotatable bonds is 8. The Morgan fingerprint density at radius 2 is 2.23 bits per heavy atom. The molecule has 8 nitrogen and oxygen atoms in total. The van der Waals surface area contributed by atoms with Crippen molar-refractivity contribution in [3.05, 3.63) is 35.9 Å². The van der Waals surface area contributed by atoms with E-state index in [0.717, 1.165) is 51.9 Å². The second-order valence-electron chi connectivity index (χ2n) is 8.74. The molecule has 1 amide bonds. The Labute approximate surface area is 186 Å². The molecule has 4 heterocycles. The largest absolute Gasteiger partial charge is 0.446 e. The van der Waals surface area contributed by atoms with Crippen molar-refractivity contribution >= 4 is 27.6 Å². The number of fused-ring (bicyclic) bond motifs is 1. The summed E-state index contributed by atoms with van der Waals surface area (Å²) >= 11 is 1.81. The van der Waals surface area contributed by atoms with Crippen molar-refractivity contribution in [2.75, 3.05) is 26.2 Å². The summed E-state index contributed by atoms with van der Waals surface area (Å²) in [5.41, 5.74) is 2.53. The van der Waals surface area contributed by atoms with Crippen LogP contribution in [-0.2, 0) is 18.3 Å². The number of alkyl carbamates (subject to hydrolysis) is 1. The summed E-state index contributed by atoms with van der Waals surface area (Å²) in [6, 6.07) is 2.16. The molecule has 0 aromatic carbocycles. The number of likely N-dealkylation sites (tertiary alicyclic amines) is 1. The van der Waals surface area contributed by atoms with Gasteiger partial charge in [0.15, 0.2) is 0 Å². The number of nitrogens with zero attached hydrogens (tertiary/aromatic N) is 5. The molecule has 3 aromatic rings. The Balaban J connectivity index is 0.996. The fourth-order valence-electron chi connectivity index (χ4n) is 4.60. The summed E-state index contributed by atoms with van der Waals surface area (Å²) < 4.78 is 11.0. The summed E-state index contributed by atoms with van der Waals surface area (Å²) in [4.78, 5) is 18.5. The van der Waals surface area contributed by atoms with E-state index in [1.807, 2.05) is 22.5 Å². The second kappa shape index (κ2) is 9.00. The third-order valence-corrected chi connectivity index (χ3v) is 7.41. The first kappa shape index (κ1) is 20.5. The topological polar surface area (TPSA) is 77.2 Å². The van der Waals surface area contributed by atoms with Crippen LogP contribution < -0.4 is 5.32 Å². The van der Waals surface area contributed by atoms with Crippen LogP contribution in [0.2, 0.25) is 0 Å². The quantitative estimate of drug-likeness (QED) is 0.542. The predicted octanol–water partition coefficient (Wildman–Crippen LogP) is 3.22. The van der Waals surface area contributed by atoms with Crippen molar-refractivity contribution in [3.63, 3.8) is 0 Å². The maximum atomic E-state index is 12.0. The van der Waals surface area contributed by atoms with E-state index < -0.39 is 0 Å². The fraction of sp³-hybridized carbons (Fsp3) is 0.591.